The molecule has 0 saturated heterocycles. The summed E-state index contributed by atoms with van der Waals surface area (Å²) in [5, 5.41) is 0.565. The highest BCUT2D eigenvalue weighted by molar-refractivity contribution is 9.09. The summed E-state index contributed by atoms with van der Waals surface area (Å²) in [6.45, 7) is 0. The molecule has 1 unspecified atom stereocenters. The minimum atomic E-state index is -2.96. The summed E-state index contributed by atoms with van der Waals surface area (Å²) in [7, 11) is -2.96. The van der Waals surface area contributed by atoms with E-state index in [0.29, 0.717) is 11.4 Å². The van der Waals surface area contributed by atoms with Gasteiger partial charge in [-0.2, -0.15) is 0 Å². The maximum absolute atomic E-state index is 11.0. The highest BCUT2D eigenvalue weighted by Crippen LogP contribution is 2.18. The molecule has 0 amide bonds. The summed E-state index contributed by atoms with van der Waals surface area (Å²) in [5.41, 5.74) is 0.900. The number of aromatic nitrogens is 1. The molecule has 6 heteroatoms. The minimum Gasteiger partial charge on any atom is -0.263 e. The molecule has 0 aromatic carbocycles. The second-order valence-electron chi connectivity index (χ2n) is 3.36. The third kappa shape index (κ3) is 4.95. The standard InChI is InChI=1S/C9H11BrClNO2S/c1-15(13,14)6-8(10)4-7-2-3-12-5-9(7)11/h2-3,5,8H,4,6H2,1H3. The molecule has 1 aromatic heterocycles. The van der Waals surface area contributed by atoms with E-state index in [9.17, 15) is 8.42 Å². The molecule has 0 aliphatic carbocycles. The van der Waals surface area contributed by atoms with E-state index in [1.165, 1.54) is 6.26 Å². The number of sulfone groups is 1. The number of hydrogen-bond donors (Lipinski definition) is 0. The molecule has 1 rings (SSSR count). The van der Waals surface area contributed by atoms with Crippen LogP contribution in [0.1, 0.15) is 5.56 Å². The molecule has 0 spiro atoms. The fourth-order valence-electron chi connectivity index (χ4n) is 1.20. The van der Waals surface area contributed by atoms with Gasteiger partial charge in [0.15, 0.2) is 0 Å². The summed E-state index contributed by atoms with van der Waals surface area (Å²) in [5.74, 6) is 0.103. The first kappa shape index (κ1) is 12.9. The van der Waals surface area contributed by atoms with Crippen LogP contribution >= 0.6 is 27.5 Å². The Kier molecular flexibility index (Phi) is 4.55. The van der Waals surface area contributed by atoms with Crippen LogP contribution < -0.4 is 0 Å². The quantitative estimate of drug-likeness (QED) is 0.800. The van der Waals surface area contributed by atoms with Crippen LogP contribution in [0.25, 0.3) is 0 Å². The average Bonchev–Trinajstić information content (AvgIpc) is 2.05. The zero-order valence-corrected chi connectivity index (χ0v) is 11.3. The topological polar surface area (TPSA) is 47.0 Å². The van der Waals surface area contributed by atoms with Gasteiger partial charge in [0.05, 0.1) is 10.8 Å². The van der Waals surface area contributed by atoms with Crippen LogP contribution in [0.15, 0.2) is 18.5 Å². The maximum Gasteiger partial charge on any atom is 0.148 e. The fraction of sp³-hybridized carbons (Fsp3) is 0.444. The molecule has 0 aliphatic rings. The molecule has 15 heavy (non-hydrogen) atoms. The Hall–Kier alpha value is -0.130. The lowest BCUT2D eigenvalue weighted by Crippen LogP contribution is -2.16. The van der Waals surface area contributed by atoms with Gasteiger partial charge >= 0.3 is 0 Å². The normalized spacial score (nSPS) is 13.8. The molecule has 1 heterocycles. The first-order valence-electron chi connectivity index (χ1n) is 4.28. The van der Waals surface area contributed by atoms with Gasteiger partial charge in [0.2, 0.25) is 0 Å². The zero-order valence-electron chi connectivity index (χ0n) is 8.15. The molecule has 84 valence electrons. The van der Waals surface area contributed by atoms with Crippen molar-refractivity contribution in [3.8, 4) is 0 Å². The van der Waals surface area contributed by atoms with E-state index >= 15 is 0 Å². The van der Waals surface area contributed by atoms with Gasteiger partial charge in [-0.15, -0.1) is 0 Å². The lowest BCUT2D eigenvalue weighted by Gasteiger charge is -2.09. The van der Waals surface area contributed by atoms with Gasteiger partial charge in [-0.1, -0.05) is 27.5 Å². The Balaban J connectivity index is 2.67. The average molecular weight is 313 g/mol. The Morgan fingerprint density at radius 3 is 2.80 bits per heavy atom. The van der Waals surface area contributed by atoms with Crippen molar-refractivity contribution in [2.24, 2.45) is 0 Å². The van der Waals surface area contributed by atoms with Crippen molar-refractivity contribution in [2.45, 2.75) is 11.2 Å². The van der Waals surface area contributed by atoms with Crippen molar-refractivity contribution in [2.75, 3.05) is 12.0 Å². The lowest BCUT2D eigenvalue weighted by molar-refractivity contribution is 0.600. The SMILES string of the molecule is CS(=O)(=O)CC(Br)Cc1ccncc1Cl. The summed E-state index contributed by atoms with van der Waals surface area (Å²) in [4.78, 5) is 3.74. The predicted molar refractivity (Wildman–Crippen MR) is 65.4 cm³/mol. The molecule has 0 radical (unpaired) electrons. The molecular weight excluding hydrogens is 302 g/mol. The number of alkyl halides is 1. The van der Waals surface area contributed by atoms with Crippen LogP contribution in [-0.2, 0) is 16.3 Å². The van der Waals surface area contributed by atoms with Gasteiger partial charge in [-0.25, -0.2) is 8.42 Å². The Bertz CT molecular complexity index is 435. The van der Waals surface area contributed by atoms with Crippen LogP contribution in [0.4, 0.5) is 0 Å². The van der Waals surface area contributed by atoms with Gasteiger partial charge in [0.1, 0.15) is 9.84 Å². The van der Waals surface area contributed by atoms with Gasteiger partial charge in [0.25, 0.3) is 0 Å². The molecule has 0 N–H and O–H groups in total. The molecule has 3 nitrogen and oxygen atoms in total. The lowest BCUT2D eigenvalue weighted by atomic mass is 10.1. The third-order valence-corrected chi connectivity index (χ3v) is 4.21. The molecule has 0 bridgehead atoms. The second-order valence-corrected chi connectivity index (χ2v) is 7.25. The van der Waals surface area contributed by atoms with Crippen molar-refractivity contribution in [3.05, 3.63) is 29.0 Å². The molecule has 1 aromatic rings. The Labute approximate surface area is 103 Å². The van der Waals surface area contributed by atoms with E-state index in [0.717, 1.165) is 5.56 Å². The summed E-state index contributed by atoms with van der Waals surface area (Å²) < 4.78 is 22.1. The van der Waals surface area contributed by atoms with Crippen molar-refractivity contribution in [1.82, 2.24) is 4.98 Å². The van der Waals surface area contributed by atoms with E-state index in [1.54, 1.807) is 18.5 Å². The van der Waals surface area contributed by atoms with Crippen molar-refractivity contribution in [1.29, 1.82) is 0 Å². The monoisotopic (exact) mass is 311 g/mol. The van der Waals surface area contributed by atoms with Gasteiger partial charge in [-0.3, -0.25) is 4.98 Å². The van der Waals surface area contributed by atoms with Gasteiger partial charge in [0, 0.05) is 23.5 Å². The van der Waals surface area contributed by atoms with Crippen molar-refractivity contribution < 1.29 is 8.42 Å². The van der Waals surface area contributed by atoms with Crippen molar-refractivity contribution >= 4 is 37.4 Å². The summed E-state index contributed by atoms with van der Waals surface area (Å²) in [6.07, 6.45) is 4.99. The van der Waals surface area contributed by atoms with E-state index in [-0.39, 0.29) is 10.6 Å². The van der Waals surface area contributed by atoms with Crippen LogP contribution in [0, 0.1) is 0 Å². The van der Waals surface area contributed by atoms with Crippen LogP contribution in [-0.4, -0.2) is 30.2 Å². The second kappa shape index (κ2) is 5.27. The Morgan fingerprint density at radius 2 is 2.27 bits per heavy atom. The molecule has 0 aliphatic heterocycles. The van der Waals surface area contributed by atoms with E-state index in [1.807, 2.05) is 0 Å². The number of hydrogen-bond acceptors (Lipinski definition) is 3. The molecule has 1 atom stereocenters. The number of nitrogens with zero attached hydrogens (tertiary/aromatic N) is 1. The number of rotatable bonds is 4. The van der Waals surface area contributed by atoms with Crippen LogP contribution in [0.2, 0.25) is 5.02 Å². The minimum absolute atomic E-state index is 0.103. The van der Waals surface area contributed by atoms with Gasteiger partial charge in [-0.05, 0) is 18.1 Å². The maximum atomic E-state index is 11.0. The zero-order chi connectivity index (χ0) is 11.5. The van der Waals surface area contributed by atoms with Crippen LogP contribution in [0.5, 0.6) is 0 Å². The third-order valence-electron chi connectivity index (χ3n) is 1.78. The van der Waals surface area contributed by atoms with E-state index < -0.39 is 9.84 Å². The van der Waals surface area contributed by atoms with Crippen molar-refractivity contribution in [3.63, 3.8) is 0 Å². The van der Waals surface area contributed by atoms with Gasteiger partial charge < -0.3 is 0 Å². The summed E-state index contributed by atoms with van der Waals surface area (Å²) >= 11 is 9.23. The molecular formula is C9H11BrClNO2S. The number of halogens is 2. The number of pyridine rings is 1. The van der Waals surface area contributed by atoms with E-state index in [2.05, 4.69) is 20.9 Å². The highest BCUT2D eigenvalue weighted by Gasteiger charge is 2.14. The van der Waals surface area contributed by atoms with Crippen LogP contribution in [0.3, 0.4) is 0 Å². The largest absolute Gasteiger partial charge is 0.263 e. The smallest absolute Gasteiger partial charge is 0.148 e. The first-order valence-corrected chi connectivity index (χ1v) is 7.64. The van der Waals surface area contributed by atoms with E-state index in [4.69, 9.17) is 11.6 Å². The predicted octanol–water partition coefficient (Wildman–Crippen LogP) is 2.09. The fourth-order valence-corrected chi connectivity index (χ4v) is 3.96. The Morgan fingerprint density at radius 1 is 1.60 bits per heavy atom. The molecule has 0 fully saturated rings. The first-order chi connectivity index (χ1) is 6.88. The molecule has 0 saturated carbocycles. The highest BCUT2D eigenvalue weighted by atomic mass is 79.9. The summed E-state index contributed by atoms with van der Waals surface area (Å²) in [6, 6.07) is 1.79.